The number of carbonyl (C=O) groups is 16. The number of aliphatic hydroxyl groups is 1. The van der Waals surface area contributed by atoms with Gasteiger partial charge in [0.05, 0.1) is 55.2 Å². The predicted molar refractivity (Wildman–Crippen MR) is 605 cm³/mol. The number of hydrogen-bond acceptors (Lipinski definition) is 26. The number of esters is 4. The Labute approximate surface area is 893 Å². The summed E-state index contributed by atoms with van der Waals surface area (Å²) in [7, 11) is 7.64. The Kier molecular flexibility index (Phi) is 109. The van der Waals surface area contributed by atoms with Gasteiger partial charge >= 0.3 is 23.9 Å². The van der Waals surface area contributed by atoms with Crippen molar-refractivity contribution < 1.29 is 124 Å². The molecule has 0 aliphatic rings. The van der Waals surface area contributed by atoms with Crippen LogP contribution in [0.15, 0.2) is 0 Å². The van der Waals surface area contributed by atoms with E-state index in [0.717, 1.165) is 44.9 Å². The van der Waals surface area contributed by atoms with Crippen LogP contribution >= 0.6 is 0 Å². The van der Waals surface area contributed by atoms with Gasteiger partial charge in [0.25, 0.3) is 0 Å². The molecule has 0 saturated heterocycles. The van der Waals surface area contributed by atoms with Crippen LogP contribution in [0.1, 0.15) is 492 Å². The Morgan fingerprint density at radius 2 is 0.393 bits per heavy atom. The minimum atomic E-state index is -0.463. The van der Waals surface area contributed by atoms with Crippen molar-refractivity contribution in [2.24, 2.45) is 86.6 Å². The van der Waals surface area contributed by atoms with Crippen molar-refractivity contribution >= 4 is 93.3 Å². The number of aliphatic hydroxyl groups excluding tert-OH is 1. The number of unbranched alkanes of at least 4 members (excludes halogenated alkanes) is 1. The van der Waals surface area contributed by atoms with E-state index < -0.39 is 10.8 Å². The van der Waals surface area contributed by atoms with Crippen LogP contribution in [0.3, 0.4) is 0 Å². The van der Waals surface area contributed by atoms with Crippen LogP contribution in [-0.2, 0) is 119 Å². The average Bonchev–Trinajstić information content (AvgIpc) is 0.917. The third-order valence-electron chi connectivity index (χ3n) is 18.6. The summed E-state index contributed by atoms with van der Waals surface area (Å²) >= 11 is 0. The highest BCUT2D eigenvalue weighted by Gasteiger charge is 2.30. The monoisotopic (exact) mass is 2090 g/mol. The van der Waals surface area contributed by atoms with Crippen molar-refractivity contribution in [2.75, 3.05) is 102 Å². The zero-order valence-electron chi connectivity index (χ0n) is 106. The van der Waals surface area contributed by atoms with E-state index in [-0.39, 0.29) is 163 Å². The zero-order chi connectivity index (χ0) is 120. The van der Waals surface area contributed by atoms with Crippen LogP contribution in [-0.4, -0.2) is 200 Å². The minimum absolute atomic E-state index is 0. The summed E-state index contributed by atoms with van der Waals surface area (Å²) in [5, 5.41) is 8.30. The Bertz CT molecular complexity index is 2900. The molecule has 1 N–H and O–H groups in total. The molecule has 0 aliphatic heterocycles. The van der Waals surface area contributed by atoms with Gasteiger partial charge < -0.3 is 47.7 Å². The molecule has 26 nitrogen and oxygen atoms in total. The molecule has 0 saturated carbocycles. The van der Waals surface area contributed by atoms with Gasteiger partial charge in [0.1, 0.15) is 85.1 Å². The van der Waals surface area contributed by atoms with Gasteiger partial charge in [-0.3, -0.25) is 76.7 Å². The quantitative estimate of drug-likeness (QED) is 0.0432. The molecule has 0 unspecified atom stereocenters. The molecule has 0 fully saturated rings. The fourth-order valence-electron chi connectivity index (χ4n) is 7.69. The molecule has 0 rings (SSSR count). The largest absolute Gasteiger partial charge is 0.469 e. The van der Waals surface area contributed by atoms with Gasteiger partial charge in [-0.2, -0.15) is 0 Å². The molecule has 0 atom stereocenters. The topological polar surface area (TPSA) is 376 Å². The number of rotatable bonds is 28. The molecule has 0 spiro atoms. The van der Waals surface area contributed by atoms with Crippen LogP contribution in [0.5, 0.6) is 0 Å². The van der Waals surface area contributed by atoms with E-state index in [1.54, 1.807) is 35.0 Å². The molecule has 0 aromatic carbocycles. The lowest BCUT2D eigenvalue weighted by Crippen LogP contribution is -2.24. The molecule has 0 bridgehead atoms. The van der Waals surface area contributed by atoms with Crippen molar-refractivity contribution in [3.05, 3.63) is 0 Å². The van der Waals surface area contributed by atoms with Crippen molar-refractivity contribution in [3.63, 3.8) is 0 Å². The summed E-state index contributed by atoms with van der Waals surface area (Å²) < 4.78 is 42.6. The van der Waals surface area contributed by atoms with Gasteiger partial charge in [-0.15, -0.1) is 0 Å². The van der Waals surface area contributed by atoms with E-state index in [0.29, 0.717) is 118 Å². The highest BCUT2D eigenvalue weighted by atomic mass is 16.6. The molecule has 145 heavy (non-hydrogen) atoms. The summed E-state index contributed by atoms with van der Waals surface area (Å²) in [4.78, 5) is 175. The van der Waals surface area contributed by atoms with Crippen molar-refractivity contribution in [2.45, 2.75) is 492 Å². The molecular weight excluding hydrogens is 1850 g/mol. The van der Waals surface area contributed by atoms with Crippen molar-refractivity contribution in [1.82, 2.24) is 0 Å². The van der Waals surface area contributed by atoms with Gasteiger partial charge in [0.15, 0.2) is 17.3 Å². The lowest BCUT2D eigenvalue weighted by atomic mass is 9.88. The summed E-state index contributed by atoms with van der Waals surface area (Å²) in [6.07, 6.45) is 10.1. The third-order valence-corrected chi connectivity index (χ3v) is 18.6. The number of ether oxygens (including phenoxy) is 9. The lowest BCUT2D eigenvalue weighted by Gasteiger charge is -2.15. The Balaban J connectivity index is -0.0000000804. The molecule has 872 valence electrons. The standard InChI is InChI=1S/C9H18O.C8H16O3.2C8H16O2.2C8H16O.C7H14O3.3C7H14O2.5C7H14O.C6H12O2.CH4/c1-5-6-7-8(10)9(2,3)4;1-8(2,3)7(9)11-6-5-10-4;1-8(2,3)7(9)5-6-10-4;1-5-10-6-7(9)8(2,3)4;2*1-5-6-7(9)8(2,3)4;1-7(2,3)6(9)10-5-4-8;2*1-7(2,3)6(8)5-9-4;1-5-9-6(8)7(2,3)4;5*1-5-6(8)7(2,3)4;1-6(2,3)5(7)8-4;/h5-7H2,1-4H3;5-6H2,1-4H3;2*5-6H2,1-4H3;2*5-6H2,1-4H3;8H,4-5H2,1-3H3;3*5H2,1-4H3;5*5H2,1-4H3;1-4H3;1H4. The fourth-order valence-corrected chi connectivity index (χ4v) is 7.69. The number of methoxy groups -OCH3 is 5. The average molecular weight is 2090 g/mol. The van der Waals surface area contributed by atoms with E-state index in [2.05, 4.69) is 25.9 Å². The van der Waals surface area contributed by atoms with E-state index in [4.69, 9.17) is 28.8 Å². The summed E-state index contributed by atoms with van der Waals surface area (Å²) in [5.74, 6) is 2.71. The van der Waals surface area contributed by atoms with Gasteiger partial charge in [-0.25, -0.2) is 0 Å². The molecule has 0 heterocycles. The second kappa shape index (κ2) is 89.3. The first kappa shape index (κ1) is 178. The SMILES string of the molecule is C.CC(C)(C)C(=O)OCCO.CCC(=O)C(C)(C)C.CCC(=O)C(C)(C)C.CCC(=O)C(C)(C)C.CCC(=O)C(C)(C)C.CCC(=O)C(C)(C)C.CCCC(=O)C(C)(C)C.CCCC(=O)C(C)(C)C.CCCCC(=O)C(C)(C)C.CCOC(=O)C(C)(C)C.CCOCC(=O)C(C)(C)C.COC(=O)C(C)(C)C.COCC(=O)C(C)(C)C.COCC(=O)C(C)(C)C.COCCC(=O)C(C)(C)C.COCCOC(=O)C(C)(C)C. The summed E-state index contributed by atoms with van der Waals surface area (Å²) in [6, 6.07) is 0. The van der Waals surface area contributed by atoms with Crippen molar-refractivity contribution in [1.29, 1.82) is 0 Å². The van der Waals surface area contributed by atoms with Crippen LogP contribution in [0, 0.1) is 86.6 Å². The van der Waals surface area contributed by atoms with E-state index >= 15 is 0 Å². The highest BCUT2D eigenvalue weighted by Crippen LogP contribution is 2.26. The molecule has 0 aromatic heterocycles. The van der Waals surface area contributed by atoms with Crippen LogP contribution < -0.4 is 0 Å². The first-order valence-corrected chi connectivity index (χ1v) is 51.9. The first-order chi connectivity index (χ1) is 63.7. The molecule has 0 amide bonds. The van der Waals surface area contributed by atoms with E-state index in [1.807, 2.05) is 374 Å². The molecule has 26 heteroatoms. The van der Waals surface area contributed by atoms with Gasteiger partial charge in [-0.05, 0) is 116 Å². The van der Waals surface area contributed by atoms with Crippen LogP contribution in [0.25, 0.3) is 0 Å². The van der Waals surface area contributed by atoms with Crippen LogP contribution in [0.2, 0.25) is 0 Å². The van der Waals surface area contributed by atoms with Gasteiger partial charge in [0.2, 0.25) is 0 Å². The van der Waals surface area contributed by atoms with Gasteiger partial charge in [0, 0.05) is 158 Å². The van der Waals surface area contributed by atoms with E-state index in [1.165, 1.54) is 21.3 Å². The third kappa shape index (κ3) is 134. The van der Waals surface area contributed by atoms with E-state index in [9.17, 15) is 76.7 Å². The second-order valence-electron chi connectivity index (χ2n) is 50.9. The normalized spacial score (nSPS) is 11.4. The Hall–Kier alpha value is -6.32. The van der Waals surface area contributed by atoms with Crippen LogP contribution in [0.4, 0.5) is 0 Å². The number of Topliss-reactive ketones (excluding diaryl/α,β-unsaturated/α-hetero) is 12. The smallest absolute Gasteiger partial charge is 0.311 e. The molecular formula is C119H240O26. The fraction of sp³-hybridized carbons (Fsp3) is 0.866. The maximum absolute atomic E-state index is 11.2. The number of ketones is 12. The summed E-state index contributed by atoms with van der Waals surface area (Å²) in [5.41, 5.74) is -3.59. The molecule has 0 aromatic rings. The predicted octanol–water partition coefficient (Wildman–Crippen LogP) is 28.7. The maximum atomic E-state index is 11.2. The lowest BCUT2D eigenvalue weighted by molar-refractivity contribution is -0.154. The summed E-state index contributed by atoms with van der Waals surface area (Å²) in [6.45, 7) is 114. The number of hydrogen-bond donors (Lipinski definition) is 1. The Morgan fingerprint density at radius 3 is 0.517 bits per heavy atom. The molecule has 0 aliphatic carbocycles. The Morgan fingerprint density at radius 1 is 0.193 bits per heavy atom. The molecule has 0 radical (unpaired) electrons. The van der Waals surface area contributed by atoms with Crippen molar-refractivity contribution in [3.8, 4) is 0 Å². The number of carbonyl (C=O) groups excluding carboxylic acids is 16. The first-order valence-electron chi connectivity index (χ1n) is 51.9. The highest BCUT2D eigenvalue weighted by molar-refractivity contribution is 5.89. The zero-order valence-corrected chi connectivity index (χ0v) is 106. The minimum Gasteiger partial charge on any atom is -0.469 e. The van der Waals surface area contributed by atoms with Gasteiger partial charge in [-0.1, -0.05) is 318 Å². The second-order valence-corrected chi connectivity index (χ2v) is 50.9. The maximum Gasteiger partial charge on any atom is 0.311 e.